The molecule has 17 heavy (non-hydrogen) atoms. The maximum absolute atomic E-state index is 11.1. The number of imidazole rings is 1. The standard InChI is InChI=1S/C11H11N3O3/c1-14(10(16)6-15)5-7-2-3-8-9(4-7)13-11(17)12-8/h2-4,6H,5H2,1H3,(H2,12,13,17). The quantitative estimate of drug-likeness (QED) is 0.578. The molecular weight excluding hydrogens is 222 g/mol. The van der Waals surface area contributed by atoms with Crippen molar-refractivity contribution in [3.05, 3.63) is 34.2 Å². The average Bonchev–Trinajstić information content (AvgIpc) is 2.67. The Bertz CT molecular complexity index is 626. The molecule has 0 aliphatic heterocycles. The minimum absolute atomic E-state index is 0.269. The third kappa shape index (κ3) is 2.25. The van der Waals surface area contributed by atoms with Gasteiger partial charge in [-0.2, -0.15) is 0 Å². The van der Waals surface area contributed by atoms with Gasteiger partial charge in [-0.05, 0) is 17.7 Å². The van der Waals surface area contributed by atoms with Crippen LogP contribution in [0.25, 0.3) is 11.0 Å². The second-order valence-corrected chi connectivity index (χ2v) is 3.77. The Kier molecular flexibility index (Phi) is 2.78. The molecule has 0 aliphatic rings. The molecule has 1 aromatic carbocycles. The predicted molar refractivity (Wildman–Crippen MR) is 61.5 cm³/mol. The van der Waals surface area contributed by atoms with Gasteiger partial charge in [0.1, 0.15) is 0 Å². The third-order valence-electron chi connectivity index (χ3n) is 2.48. The Labute approximate surface area is 96.2 Å². The van der Waals surface area contributed by atoms with Crippen LogP contribution >= 0.6 is 0 Å². The monoisotopic (exact) mass is 233 g/mol. The second kappa shape index (κ2) is 4.25. The Morgan fingerprint density at radius 2 is 2.06 bits per heavy atom. The van der Waals surface area contributed by atoms with Crippen molar-refractivity contribution < 1.29 is 9.59 Å². The number of carbonyl (C=O) groups excluding carboxylic acids is 2. The fourth-order valence-corrected chi connectivity index (χ4v) is 1.62. The molecule has 1 amide bonds. The number of H-pyrrole nitrogens is 2. The molecule has 0 atom stereocenters. The summed E-state index contributed by atoms with van der Waals surface area (Å²) in [5.41, 5.74) is 1.96. The molecule has 0 unspecified atom stereocenters. The van der Waals surface area contributed by atoms with Gasteiger partial charge in [0.2, 0.25) is 6.29 Å². The summed E-state index contributed by atoms with van der Waals surface area (Å²) in [4.78, 5) is 39.0. The number of nitrogens with zero attached hydrogens (tertiary/aromatic N) is 1. The van der Waals surface area contributed by atoms with Crippen LogP contribution in [0.15, 0.2) is 23.0 Å². The molecule has 0 aliphatic carbocycles. The van der Waals surface area contributed by atoms with Gasteiger partial charge in [0.25, 0.3) is 5.91 Å². The summed E-state index contributed by atoms with van der Waals surface area (Å²) in [5.74, 6) is -0.576. The minimum Gasteiger partial charge on any atom is -0.335 e. The lowest BCUT2D eigenvalue weighted by Gasteiger charge is -2.13. The van der Waals surface area contributed by atoms with Crippen LogP contribution in [0.5, 0.6) is 0 Å². The zero-order valence-corrected chi connectivity index (χ0v) is 9.19. The van der Waals surface area contributed by atoms with E-state index in [1.54, 1.807) is 25.2 Å². The molecule has 0 radical (unpaired) electrons. The number of benzene rings is 1. The highest BCUT2D eigenvalue weighted by Crippen LogP contribution is 2.11. The van der Waals surface area contributed by atoms with Crippen molar-refractivity contribution in [1.82, 2.24) is 14.9 Å². The molecule has 0 saturated heterocycles. The topological polar surface area (TPSA) is 86.0 Å². The number of nitrogens with one attached hydrogen (secondary N) is 2. The van der Waals surface area contributed by atoms with Gasteiger partial charge in [0.15, 0.2) is 0 Å². The summed E-state index contributed by atoms with van der Waals surface area (Å²) in [6, 6.07) is 5.31. The molecule has 0 saturated carbocycles. The van der Waals surface area contributed by atoms with E-state index in [1.165, 1.54) is 4.90 Å². The number of fused-ring (bicyclic) bond motifs is 1. The van der Waals surface area contributed by atoms with Crippen LogP contribution in [0.2, 0.25) is 0 Å². The van der Waals surface area contributed by atoms with Crippen LogP contribution in [0.3, 0.4) is 0 Å². The first-order chi connectivity index (χ1) is 8.10. The van der Waals surface area contributed by atoms with E-state index in [0.29, 0.717) is 17.6 Å². The summed E-state index contributed by atoms with van der Waals surface area (Å²) in [6.45, 7) is 0.320. The maximum atomic E-state index is 11.1. The van der Waals surface area contributed by atoms with Crippen molar-refractivity contribution >= 4 is 23.2 Å². The fourth-order valence-electron chi connectivity index (χ4n) is 1.62. The highest BCUT2D eigenvalue weighted by molar-refractivity contribution is 6.23. The van der Waals surface area contributed by atoms with Crippen molar-refractivity contribution in [2.45, 2.75) is 6.54 Å². The minimum atomic E-state index is -0.576. The first-order valence-electron chi connectivity index (χ1n) is 5.01. The smallest absolute Gasteiger partial charge is 0.323 e. The Balaban J connectivity index is 2.27. The number of rotatable bonds is 3. The van der Waals surface area contributed by atoms with E-state index in [4.69, 9.17) is 0 Å². The zero-order valence-electron chi connectivity index (χ0n) is 9.19. The second-order valence-electron chi connectivity index (χ2n) is 3.77. The third-order valence-corrected chi connectivity index (χ3v) is 2.48. The van der Waals surface area contributed by atoms with Crippen molar-refractivity contribution in [2.75, 3.05) is 7.05 Å². The van der Waals surface area contributed by atoms with E-state index in [2.05, 4.69) is 9.97 Å². The summed E-state index contributed by atoms with van der Waals surface area (Å²) in [5, 5.41) is 0. The van der Waals surface area contributed by atoms with E-state index < -0.39 is 5.91 Å². The van der Waals surface area contributed by atoms with Crippen LogP contribution in [-0.2, 0) is 16.1 Å². The molecule has 1 aromatic heterocycles. The fraction of sp³-hybridized carbons (Fsp3) is 0.182. The van der Waals surface area contributed by atoms with Gasteiger partial charge in [0.05, 0.1) is 11.0 Å². The molecule has 0 spiro atoms. The lowest BCUT2D eigenvalue weighted by molar-refractivity contribution is -0.138. The van der Waals surface area contributed by atoms with Crippen LogP contribution in [0.4, 0.5) is 0 Å². The number of aromatic amines is 2. The molecule has 2 rings (SSSR count). The highest BCUT2D eigenvalue weighted by Gasteiger charge is 2.08. The van der Waals surface area contributed by atoms with Crippen LogP contribution in [-0.4, -0.2) is 34.1 Å². The van der Waals surface area contributed by atoms with Crippen LogP contribution in [0.1, 0.15) is 5.56 Å². The van der Waals surface area contributed by atoms with E-state index in [0.717, 1.165) is 5.56 Å². The first-order valence-corrected chi connectivity index (χ1v) is 5.01. The molecular formula is C11H11N3O3. The number of aldehydes is 1. The summed E-state index contributed by atoms with van der Waals surface area (Å²) < 4.78 is 0. The summed E-state index contributed by atoms with van der Waals surface area (Å²) in [6.07, 6.45) is 0.275. The van der Waals surface area contributed by atoms with Crippen LogP contribution in [0, 0.1) is 0 Å². The lowest BCUT2D eigenvalue weighted by atomic mass is 10.2. The van der Waals surface area contributed by atoms with E-state index in [9.17, 15) is 14.4 Å². The van der Waals surface area contributed by atoms with Gasteiger partial charge in [0, 0.05) is 13.6 Å². The first kappa shape index (κ1) is 11.1. The Hall–Kier alpha value is -2.37. The highest BCUT2D eigenvalue weighted by atomic mass is 16.2. The maximum Gasteiger partial charge on any atom is 0.323 e. The summed E-state index contributed by atoms with van der Waals surface area (Å²) in [7, 11) is 1.54. The molecule has 6 nitrogen and oxygen atoms in total. The predicted octanol–water partition coefficient (Wildman–Crippen LogP) is 0.0135. The van der Waals surface area contributed by atoms with Gasteiger partial charge in [-0.25, -0.2) is 4.79 Å². The normalized spacial score (nSPS) is 10.4. The van der Waals surface area contributed by atoms with Gasteiger partial charge < -0.3 is 14.9 Å². The molecule has 6 heteroatoms. The van der Waals surface area contributed by atoms with Gasteiger partial charge >= 0.3 is 5.69 Å². The number of amides is 1. The van der Waals surface area contributed by atoms with E-state index in [-0.39, 0.29) is 12.0 Å². The van der Waals surface area contributed by atoms with Crippen molar-refractivity contribution in [3.63, 3.8) is 0 Å². The number of hydrogen-bond donors (Lipinski definition) is 2. The number of likely N-dealkylation sites (N-methyl/N-ethyl adjacent to an activating group) is 1. The Morgan fingerprint density at radius 1 is 1.35 bits per heavy atom. The lowest BCUT2D eigenvalue weighted by Crippen LogP contribution is -2.26. The van der Waals surface area contributed by atoms with Crippen molar-refractivity contribution in [2.24, 2.45) is 0 Å². The number of carbonyl (C=O) groups is 2. The number of hydrogen-bond acceptors (Lipinski definition) is 3. The van der Waals surface area contributed by atoms with Crippen molar-refractivity contribution in [1.29, 1.82) is 0 Å². The van der Waals surface area contributed by atoms with Gasteiger partial charge in [-0.3, -0.25) is 9.59 Å². The largest absolute Gasteiger partial charge is 0.335 e. The van der Waals surface area contributed by atoms with E-state index in [1.807, 2.05) is 0 Å². The molecule has 2 aromatic rings. The molecule has 1 heterocycles. The van der Waals surface area contributed by atoms with Gasteiger partial charge in [-0.15, -0.1) is 0 Å². The molecule has 0 bridgehead atoms. The average molecular weight is 233 g/mol. The van der Waals surface area contributed by atoms with Crippen molar-refractivity contribution in [3.8, 4) is 0 Å². The van der Waals surface area contributed by atoms with E-state index >= 15 is 0 Å². The van der Waals surface area contributed by atoms with Gasteiger partial charge in [-0.1, -0.05) is 6.07 Å². The Morgan fingerprint density at radius 3 is 2.76 bits per heavy atom. The molecule has 88 valence electrons. The summed E-state index contributed by atoms with van der Waals surface area (Å²) >= 11 is 0. The number of aromatic nitrogens is 2. The zero-order chi connectivity index (χ0) is 12.4. The van der Waals surface area contributed by atoms with Crippen LogP contribution < -0.4 is 5.69 Å². The molecule has 0 fully saturated rings. The molecule has 2 N–H and O–H groups in total. The SMILES string of the molecule is CN(Cc1ccc2[nH]c(=O)[nH]c2c1)C(=O)C=O.